The van der Waals surface area contributed by atoms with Gasteiger partial charge in [-0.15, -0.1) is 5.10 Å². The van der Waals surface area contributed by atoms with Crippen LogP contribution in [-0.4, -0.2) is 45.5 Å². The minimum absolute atomic E-state index is 0.809. The molecule has 0 saturated carbocycles. The van der Waals surface area contributed by atoms with E-state index >= 15 is 0 Å². The molecule has 0 aromatic carbocycles. The first kappa shape index (κ1) is 11.9. The Kier molecular flexibility index (Phi) is 3.27. The third kappa shape index (κ3) is 2.50. The van der Waals surface area contributed by atoms with Gasteiger partial charge in [-0.3, -0.25) is 0 Å². The monoisotopic (exact) mass is 276 g/mol. The Morgan fingerprint density at radius 2 is 2.37 bits per heavy atom. The molecule has 19 heavy (non-hydrogen) atoms. The fraction of sp³-hybridized carbons (Fsp3) is 0.300. The van der Waals surface area contributed by atoms with E-state index in [-0.39, 0.29) is 0 Å². The van der Waals surface area contributed by atoms with E-state index in [1.807, 2.05) is 13.2 Å². The van der Waals surface area contributed by atoms with Crippen LogP contribution >= 0.6 is 11.8 Å². The first-order chi connectivity index (χ1) is 9.34. The fourth-order valence-electron chi connectivity index (χ4n) is 1.69. The Labute approximate surface area is 113 Å². The van der Waals surface area contributed by atoms with Gasteiger partial charge >= 0.3 is 0 Å². The van der Waals surface area contributed by atoms with Gasteiger partial charge in [0.1, 0.15) is 5.69 Å². The topological polar surface area (TPSA) is 90.1 Å². The molecule has 9 heteroatoms. The van der Waals surface area contributed by atoms with Crippen LogP contribution in [0.5, 0.6) is 0 Å². The summed E-state index contributed by atoms with van der Waals surface area (Å²) in [6.45, 7) is 0.825. The quantitative estimate of drug-likeness (QED) is 0.686. The standard InChI is InChI=1S/C10H12N8S/c1-17-10(14-15-16-17)19-5-4-18-3-2-12-9(18)8-6-11-7-13-8/h2-3,6-7H,4-5H2,1H3,(H,11,13). The second kappa shape index (κ2) is 5.22. The average molecular weight is 276 g/mol. The lowest BCUT2D eigenvalue weighted by Crippen LogP contribution is -2.03. The number of aromatic nitrogens is 8. The predicted molar refractivity (Wildman–Crippen MR) is 69.3 cm³/mol. The Morgan fingerprint density at radius 3 is 3.11 bits per heavy atom. The largest absolute Gasteiger partial charge is 0.342 e. The zero-order valence-electron chi connectivity index (χ0n) is 10.3. The normalized spacial score (nSPS) is 11.0. The van der Waals surface area contributed by atoms with Crippen LogP contribution in [0.4, 0.5) is 0 Å². The number of rotatable bonds is 5. The average Bonchev–Trinajstić information content (AvgIpc) is 3.11. The molecule has 0 aliphatic carbocycles. The maximum atomic E-state index is 4.33. The molecule has 0 saturated heterocycles. The van der Waals surface area contributed by atoms with Crippen molar-refractivity contribution in [2.24, 2.45) is 7.05 Å². The van der Waals surface area contributed by atoms with Crippen LogP contribution in [-0.2, 0) is 13.6 Å². The minimum Gasteiger partial charge on any atom is -0.342 e. The van der Waals surface area contributed by atoms with Gasteiger partial charge in [0.25, 0.3) is 0 Å². The number of H-pyrrole nitrogens is 1. The van der Waals surface area contributed by atoms with E-state index in [1.54, 1.807) is 35.2 Å². The molecule has 0 unspecified atom stereocenters. The predicted octanol–water partition coefficient (Wildman–Crippen LogP) is 0.589. The van der Waals surface area contributed by atoms with Crippen molar-refractivity contribution >= 4 is 11.8 Å². The van der Waals surface area contributed by atoms with Gasteiger partial charge in [-0.05, 0) is 10.4 Å². The van der Waals surface area contributed by atoms with Crippen molar-refractivity contribution in [1.82, 2.24) is 39.7 Å². The van der Waals surface area contributed by atoms with Crippen molar-refractivity contribution in [2.45, 2.75) is 11.7 Å². The Balaban J connectivity index is 1.65. The van der Waals surface area contributed by atoms with Gasteiger partial charge in [-0.25, -0.2) is 14.6 Å². The van der Waals surface area contributed by atoms with Crippen LogP contribution in [0.2, 0.25) is 0 Å². The highest BCUT2D eigenvalue weighted by Crippen LogP contribution is 2.16. The number of nitrogens with zero attached hydrogens (tertiary/aromatic N) is 7. The summed E-state index contributed by atoms with van der Waals surface area (Å²) in [5.74, 6) is 1.75. The van der Waals surface area contributed by atoms with E-state index in [2.05, 4.69) is 35.0 Å². The van der Waals surface area contributed by atoms with Gasteiger partial charge in [0.15, 0.2) is 5.82 Å². The van der Waals surface area contributed by atoms with Crippen molar-refractivity contribution in [3.8, 4) is 11.5 Å². The van der Waals surface area contributed by atoms with E-state index in [0.29, 0.717) is 0 Å². The molecule has 1 N–H and O–H groups in total. The van der Waals surface area contributed by atoms with E-state index in [0.717, 1.165) is 29.0 Å². The summed E-state index contributed by atoms with van der Waals surface area (Å²) in [6, 6.07) is 0. The first-order valence-electron chi connectivity index (χ1n) is 5.69. The zero-order valence-corrected chi connectivity index (χ0v) is 11.1. The highest BCUT2D eigenvalue weighted by Gasteiger charge is 2.08. The van der Waals surface area contributed by atoms with E-state index < -0.39 is 0 Å². The molecule has 3 aromatic heterocycles. The molecule has 0 amide bonds. The molecule has 0 aliphatic rings. The number of imidazole rings is 2. The van der Waals surface area contributed by atoms with Crippen LogP contribution in [0, 0.1) is 0 Å². The molecule has 0 aliphatic heterocycles. The highest BCUT2D eigenvalue weighted by molar-refractivity contribution is 7.99. The lowest BCUT2D eigenvalue weighted by Gasteiger charge is -2.05. The Bertz CT molecular complexity index is 640. The van der Waals surface area contributed by atoms with Crippen molar-refractivity contribution in [1.29, 1.82) is 0 Å². The van der Waals surface area contributed by atoms with Crippen LogP contribution in [0.3, 0.4) is 0 Å². The summed E-state index contributed by atoms with van der Waals surface area (Å²) < 4.78 is 3.73. The Hall–Kier alpha value is -2.16. The molecular weight excluding hydrogens is 264 g/mol. The molecule has 3 rings (SSSR count). The molecule has 0 spiro atoms. The van der Waals surface area contributed by atoms with Gasteiger partial charge in [0.05, 0.1) is 12.5 Å². The van der Waals surface area contributed by atoms with Crippen LogP contribution < -0.4 is 0 Å². The maximum absolute atomic E-state index is 4.33. The van der Waals surface area contributed by atoms with Gasteiger partial charge < -0.3 is 9.55 Å². The van der Waals surface area contributed by atoms with E-state index in [4.69, 9.17) is 0 Å². The molecule has 8 nitrogen and oxygen atoms in total. The molecule has 98 valence electrons. The second-order valence-corrected chi connectivity index (χ2v) is 4.91. The Morgan fingerprint density at radius 1 is 1.42 bits per heavy atom. The number of thioether (sulfide) groups is 1. The third-order valence-corrected chi connectivity index (χ3v) is 3.59. The van der Waals surface area contributed by atoms with Crippen LogP contribution in [0.25, 0.3) is 11.5 Å². The second-order valence-electron chi connectivity index (χ2n) is 3.84. The van der Waals surface area contributed by atoms with Crippen LogP contribution in [0.15, 0.2) is 30.1 Å². The van der Waals surface area contributed by atoms with Crippen molar-refractivity contribution < 1.29 is 0 Å². The molecule has 0 bridgehead atoms. The number of aryl methyl sites for hydroxylation is 2. The van der Waals surface area contributed by atoms with Crippen molar-refractivity contribution in [3.05, 3.63) is 24.9 Å². The van der Waals surface area contributed by atoms with Gasteiger partial charge in [-0.1, -0.05) is 11.8 Å². The number of tetrazole rings is 1. The number of hydrogen-bond donors (Lipinski definition) is 1. The summed E-state index contributed by atoms with van der Waals surface area (Å²) in [5.41, 5.74) is 0.912. The lowest BCUT2D eigenvalue weighted by molar-refractivity contribution is 0.663. The molecule has 0 radical (unpaired) electrons. The SMILES string of the molecule is Cn1nnnc1SCCn1ccnc1-c1cnc[nH]1. The summed E-state index contributed by atoms with van der Waals surface area (Å²) in [7, 11) is 1.83. The summed E-state index contributed by atoms with van der Waals surface area (Å²) >= 11 is 1.61. The van der Waals surface area contributed by atoms with E-state index in [9.17, 15) is 0 Å². The number of hydrogen-bond acceptors (Lipinski definition) is 6. The molecule has 3 aromatic rings. The van der Waals surface area contributed by atoms with Crippen LogP contribution in [0.1, 0.15) is 0 Å². The smallest absolute Gasteiger partial charge is 0.209 e. The fourth-order valence-corrected chi connectivity index (χ4v) is 2.48. The molecule has 3 heterocycles. The van der Waals surface area contributed by atoms with Gasteiger partial charge in [0, 0.05) is 31.7 Å². The van der Waals surface area contributed by atoms with Gasteiger partial charge in [0.2, 0.25) is 5.16 Å². The number of aromatic amines is 1. The maximum Gasteiger partial charge on any atom is 0.209 e. The summed E-state index contributed by atoms with van der Waals surface area (Å²) in [4.78, 5) is 11.4. The molecule has 0 atom stereocenters. The minimum atomic E-state index is 0.809. The number of nitrogens with one attached hydrogen (secondary N) is 1. The van der Waals surface area contributed by atoms with Gasteiger partial charge in [-0.2, -0.15) is 0 Å². The zero-order chi connectivity index (χ0) is 13.1. The van der Waals surface area contributed by atoms with E-state index in [1.165, 1.54) is 0 Å². The first-order valence-corrected chi connectivity index (χ1v) is 6.68. The molecule has 0 fully saturated rings. The summed E-state index contributed by atoms with van der Waals surface area (Å²) in [5, 5.41) is 12.1. The third-order valence-electron chi connectivity index (χ3n) is 2.60. The van der Waals surface area contributed by atoms with Crippen molar-refractivity contribution in [2.75, 3.05) is 5.75 Å². The highest BCUT2D eigenvalue weighted by atomic mass is 32.2. The van der Waals surface area contributed by atoms with Crippen molar-refractivity contribution in [3.63, 3.8) is 0 Å². The molecular formula is C10H12N8S. The summed E-state index contributed by atoms with van der Waals surface area (Å²) in [6.07, 6.45) is 7.14. The lowest BCUT2D eigenvalue weighted by atomic mass is 10.4.